The molecule has 1 aromatic heterocycles. The summed E-state index contributed by atoms with van der Waals surface area (Å²) >= 11 is 1.65. The minimum Gasteiger partial charge on any atom is -0.341 e. The van der Waals surface area contributed by atoms with Crippen molar-refractivity contribution in [2.45, 2.75) is 18.8 Å². The zero-order chi connectivity index (χ0) is 17.4. The van der Waals surface area contributed by atoms with Crippen molar-refractivity contribution in [2.75, 3.05) is 19.6 Å². The van der Waals surface area contributed by atoms with Crippen LogP contribution < -0.4 is 0 Å². The number of rotatable bonds is 3. The molecule has 0 atom stereocenters. The highest BCUT2D eigenvalue weighted by Gasteiger charge is 2.37. The Balaban J connectivity index is 1.39. The molecule has 1 saturated heterocycles. The summed E-state index contributed by atoms with van der Waals surface area (Å²) in [6.07, 6.45) is 3.53. The van der Waals surface area contributed by atoms with Crippen LogP contribution in [0.4, 0.5) is 0 Å². The van der Waals surface area contributed by atoms with E-state index in [9.17, 15) is 14.4 Å². The molecule has 25 heavy (non-hydrogen) atoms. The van der Waals surface area contributed by atoms with E-state index in [-0.39, 0.29) is 24.3 Å². The number of hydrogen-bond acceptors (Lipinski definition) is 5. The molecular formula is C18H17N3O3S. The van der Waals surface area contributed by atoms with Crippen LogP contribution in [-0.2, 0) is 4.79 Å². The molecule has 0 spiro atoms. The first-order chi connectivity index (χ1) is 12.1. The minimum atomic E-state index is -0.383. The SMILES string of the molecule is O=C(CN1C(=O)c2ccccc2C1=O)N1CCC(c2nccs2)CC1. The minimum absolute atomic E-state index is 0.174. The molecule has 2 aliphatic heterocycles. The highest BCUT2D eigenvalue weighted by Crippen LogP contribution is 2.29. The number of carbonyl (C=O) groups excluding carboxylic acids is 3. The van der Waals surface area contributed by atoms with E-state index in [0.29, 0.717) is 30.1 Å². The Morgan fingerprint density at radius 1 is 1.12 bits per heavy atom. The molecule has 3 amide bonds. The lowest BCUT2D eigenvalue weighted by Crippen LogP contribution is -2.45. The number of benzene rings is 1. The second-order valence-electron chi connectivity index (χ2n) is 6.27. The predicted molar refractivity (Wildman–Crippen MR) is 92.5 cm³/mol. The Morgan fingerprint density at radius 3 is 2.32 bits per heavy atom. The van der Waals surface area contributed by atoms with Gasteiger partial charge in [-0.3, -0.25) is 19.3 Å². The topological polar surface area (TPSA) is 70.6 Å². The Morgan fingerprint density at radius 2 is 1.76 bits per heavy atom. The van der Waals surface area contributed by atoms with Crippen molar-refractivity contribution in [1.29, 1.82) is 0 Å². The number of aromatic nitrogens is 1. The van der Waals surface area contributed by atoms with Gasteiger partial charge in [-0.25, -0.2) is 4.98 Å². The standard InChI is InChI=1S/C18H17N3O3S/c22-15(20-8-5-12(6-9-20)16-19-7-10-25-16)11-21-17(23)13-3-1-2-4-14(13)18(21)24/h1-4,7,10,12H,5-6,8-9,11H2. The van der Waals surface area contributed by atoms with E-state index in [0.717, 1.165) is 22.7 Å². The highest BCUT2D eigenvalue weighted by molar-refractivity contribution is 7.09. The van der Waals surface area contributed by atoms with Crippen LogP contribution in [-0.4, -0.2) is 52.1 Å². The Bertz CT molecular complexity index is 791. The normalized spacial score (nSPS) is 17.9. The summed E-state index contributed by atoms with van der Waals surface area (Å²) in [6, 6.07) is 6.69. The van der Waals surface area contributed by atoms with Crippen molar-refractivity contribution < 1.29 is 14.4 Å². The Labute approximate surface area is 149 Å². The van der Waals surface area contributed by atoms with Gasteiger partial charge in [-0.1, -0.05) is 12.1 Å². The monoisotopic (exact) mass is 355 g/mol. The Hall–Kier alpha value is -2.54. The van der Waals surface area contributed by atoms with Gasteiger partial charge in [0.1, 0.15) is 6.54 Å². The molecule has 3 heterocycles. The number of fused-ring (bicyclic) bond motifs is 1. The third-order valence-corrected chi connectivity index (χ3v) is 5.76. The molecule has 2 aromatic rings. The molecule has 0 N–H and O–H groups in total. The summed E-state index contributed by atoms with van der Waals surface area (Å²) in [7, 11) is 0. The van der Waals surface area contributed by atoms with Crippen LogP contribution in [0.1, 0.15) is 44.5 Å². The second kappa shape index (κ2) is 6.40. The van der Waals surface area contributed by atoms with Crippen molar-refractivity contribution >= 4 is 29.1 Å². The van der Waals surface area contributed by atoms with Crippen LogP contribution >= 0.6 is 11.3 Å². The predicted octanol–water partition coefficient (Wildman–Crippen LogP) is 2.15. The van der Waals surface area contributed by atoms with E-state index in [4.69, 9.17) is 0 Å². The van der Waals surface area contributed by atoms with Gasteiger partial charge in [-0.15, -0.1) is 11.3 Å². The van der Waals surface area contributed by atoms with E-state index in [1.807, 2.05) is 5.38 Å². The lowest BCUT2D eigenvalue weighted by Gasteiger charge is -2.32. The average Bonchev–Trinajstić information content (AvgIpc) is 3.26. The Kier molecular flexibility index (Phi) is 4.09. The number of amides is 3. The number of piperidine rings is 1. The molecule has 0 unspecified atom stereocenters. The number of nitrogens with zero attached hydrogens (tertiary/aromatic N) is 3. The maximum absolute atomic E-state index is 12.6. The molecule has 1 fully saturated rings. The van der Waals surface area contributed by atoms with E-state index in [1.54, 1.807) is 46.7 Å². The van der Waals surface area contributed by atoms with E-state index in [2.05, 4.69) is 4.98 Å². The fourth-order valence-electron chi connectivity index (χ4n) is 3.43. The van der Waals surface area contributed by atoms with Crippen LogP contribution in [0.5, 0.6) is 0 Å². The third kappa shape index (κ3) is 2.84. The van der Waals surface area contributed by atoms with Crippen LogP contribution in [0, 0.1) is 0 Å². The maximum atomic E-state index is 12.6. The van der Waals surface area contributed by atoms with E-state index >= 15 is 0 Å². The molecule has 0 bridgehead atoms. The molecule has 128 valence electrons. The van der Waals surface area contributed by atoms with Gasteiger partial charge in [0.25, 0.3) is 11.8 Å². The number of imide groups is 1. The molecule has 1 aromatic carbocycles. The number of likely N-dealkylation sites (tertiary alicyclic amines) is 1. The van der Waals surface area contributed by atoms with Crippen LogP contribution in [0.2, 0.25) is 0 Å². The van der Waals surface area contributed by atoms with Gasteiger partial charge in [-0.05, 0) is 25.0 Å². The van der Waals surface area contributed by atoms with Gasteiger partial charge in [0.15, 0.2) is 0 Å². The largest absolute Gasteiger partial charge is 0.341 e. The molecule has 0 radical (unpaired) electrons. The summed E-state index contributed by atoms with van der Waals surface area (Å²) in [5.41, 5.74) is 0.755. The van der Waals surface area contributed by atoms with Gasteiger partial charge in [0.05, 0.1) is 16.1 Å². The van der Waals surface area contributed by atoms with Crippen LogP contribution in [0.3, 0.4) is 0 Å². The fourth-order valence-corrected chi connectivity index (χ4v) is 4.24. The number of thiazole rings is 1. The quantitative estimate of drug-likeness (QED) is 0.791. The summed E-state index contributed by atoms with van der Waals surface area (Å²) in [6.45, 7) is 1.08. The summed E-state index contributed by atoms with van der Waals surface area (Å²) in [5, 5.41) is 3.09. The zero-order valence-electron chi connectivity index (χ0n) is 13.6. The molecule has 0 saturated carbocycles. The number of carbonyl (C=O) groups is 3. The lowest BCUT2D eigenvalue weighted by atomic mass is 9.97. The number of hydrogen-bond donors (Lipinski definition) is 0. The van der Waals surface area contributed by atoms with Crippen LogP contribution in [0.15, 0.2) is 35.8 Å². The fraction of sp³-hybridized carbons (Fsp3) is 0.333. The molecule has 2 aliphatic rings. The summed E-state index contributed by atoms with van der Waals surface area (Å²) in [4.78, 5) is 44.4. The zero-order valence-corrected chi connectivity index (χ0v) is 14.4. The smallest absolute Gasteiger partial charge is 0.262 e. The summed E-state index contributed by atoms with van der Waals surface area (Å²) in [5.74, 6) is -0.548. The maximum Gasteiger partial charge on any atom is 0.262 e. The van der Waals surface area contributed by atoms with Crippen molar-refractivity contribution in [3.05, 3.63) is 52.0 Å². The molecule has 0 aliphatic carbocycles. The van der Waals surface area contributed by atoms with Gasteiger partial charge >= 0.3 is 0 Å². The second-order valence-corrected chi connectivity index (χ2v) is 7.19. The van der Waals surface area contributed by atoms with Gasteiger partial charge < -0.3 is 4.90 Å². The van der Waals surface area contributed by atoms with Gasteiger partial charge in [0.2, 0.25) is 5.91 Å². The van der Waals surface area contributed by atoms with E-state index < -0.39 is 0 Å². The van der Waals surface area contributed by atoms with E-state index in [1.165, 1.54) is 0 Å². The van der Waals surface area contributed by atoms with Crippen LogP contribution in [0.25, 0.3) is 0 Å². The van der Waals surface area contributed by atoms with Crippen molar-refractivity contribution in [2.24, 2.45) is 0 Å². The van der Waals surface area contributed by atoms with Gasteiger partial charge in [-0.2, -0.15) is 0 Å². The average molecular weight is 355 g/mol. The molecule has 7 heteroatoms. The highest BCUT2D eigenvalue weighted by atomic mass is 32.1. The first kappa shape index (κ1) is 16.0. The van der Waals surface area contributed by atoms with Crippen molar-refractivity contribution in [3.8, 4) is 0 Å². The first-order valence-corrected chi connectivity index (χ1v) is 9.15. The lowest BCUT2D eigenvalue weighted by molar-refractivity contribution is -0.132. The summed E-state index contributed by atoms with van der Waals surface area (Å²) < 4.78 is 0. The third-order valence-electron chi connectivity index (χ3n) is 4.82. The molecular weight excluding hydrogens is 338 g/mol. The van der Waals surface area contributed by atoms with Gasteiger partial charge in [0, 0.05) is 30.6 Å². The first-order valence-electron chi connectivity index (χ1n) is 8.27. The van der Waals surface area contributed by atoms with Crippen molar-refractivity contribution in [1.82, 2.24) is 14.8 Å². The van der Waals surface area contributed by atoms with Crippen molar-refractivity contribution in [3.63, 3.8) is 0 Å². The molecule has 6 nitrogen and oxygen atoms in total. The molecule has 4 rings (SSSR count).